The van der Waals surface area contributed by atoms with Gasteiger partial charge < -0.3 is 14.7 Å². The van der Waals surface area contributed by atoms with E-state index in [1.54, 1.807) is 6.26 Å². The van der Waals surface area contributed by atoms with E-state index in [2.05, 4.69) is 62.5 Å². The first kappa shape index (κ1) is 19.7. The highest BCUT2D eigenvalue weighted by Gasteiger charge is 2.19. The van der Waals surface area contributed by atoms with Crippen molar-refractivity contribution in [3.8, 4) is 0 Å². The molecule has 1 saturated heterocycles. The molecule has 1 fully saturated rings. The number of nitrogens with one attached hydrogen (secondary N) is 1. The molecule has 7 heteroatoms. The third-order valence-corrected chi connectivity index (χ3v) is 4.14. The van der Waals surface area contributed by atoms with Gasteiger partial charge in [0.25, 0.3) is 0 Å². The summed E-state index contributed by atoms with van der Waals surface area (Å²) in [6.45, 7) is 8.57. The summed E-state index contributed by atoms with van der Waals surface area (Å²) >= 11 is 0. The first-order valence-electron chi connectivity index (χ1n) is 8.54. The van der Waals surface area contributed by atoms with Gasteiger partial charge in [0.05, 0.1) is 6.54 Å². The van der Waals surface area contributed by atoms with Crippen LogP contribution in [0.5, 0.6) is 0 Å². The standard InChI is InChI=1S/C18H25N5O.HI/c1-2-19-18(20-14-17-8-13-24-21-17)23-11-9-22(10-12-23)15-16-6-4-3-5-7-16;/h3-8,13H,2,9-12,14-15H2,1H3,(H,19,20);1H. The van der Waals surface area contributed by atoms with Gasteiger partial charge in [0.15, 0.2) is 5.96 Å². The molecule has 0 saturated carbocycles. The molecule has 3 rings (SSSR count). The predicted octanol–water partition coefficient (Wildman–Crippen LogP) is 2.58. The Morgan fingerprint density at radius 1 is 1.16 bits per heavy atom. The summed E-state index contributed by atoms with van der Waals surface area (Å²) in [4.78, 5) is 9.50. The summed E-state index contributed by atoms with van der Waals surface area (Å²) in [5.74, 6) is 0.958. The van der Waals surface area contributed by atoms with Crippen LogP contribution in [0.3, 0.4) is 0 Å². The molecular formula is C18H26IN5O. The van der Waals surface area contributed by atoms with E-state index in [1.165, 1.54) is 5.56 Å². The molecule has 0 atom stereocenters. The van der Waals surface area contributed by atoms with Crippen molar-refractivity contribution in [1.29, 1.82) is 0 Å². The lowest BCUT2D eigenvalue weighted by Gasteiger charge is -2.36. The average Bonchev–Trinajstić information content (AvgIpc) is 3.14. The van der Waals surface area contributed by atoms with Crippen molar-refractivity contribution in [2.75, 3.05) is 32.7 Å². The number of aliphatic imine (C=N–C) groups is 1. The minimum atomic E-state index is 0. The van der Waals surface area contributed by atoms with Crippen LogP contribution >= 0.6 is 24.0 Å². The van der Waals surface area contributed by atoms with Crippen LogP contribution in [0.4, 0.5) is 0 Å². The van der Waals surface area contributed by atoms with E-state index in [-0.39, 0.29) is 24.0 Å². The molecular weight excluding hydrogens is 429 g/mol. The van der Waals surface area contributed by atoms with Gasteiger partial charge in [-0.15, -0.1) is 24.0 Å². The van der Waals surface area contributed by atoms with E-state index in [9.17, 15) is 0 Å². The zero-order chi connectivity index (χ0) is 16.6. The monoisotopic (exact) mass is 455 g/mol. The van der Waals surface area contributed by atoms with Gasteiger partial charge in [-0.1, -0.05) is 35.5 Å². The van der Waals surface area contributed by atoms with Crippen molar-refractivity contribution < 1.29 is 4.52 Å². The van der Waals surface area contributed by atoms with E-state index in [4.69, 9.17) is 4.52 Å². The molecule has 0 aliphatic carbocycles. The summed E-state index contributed by atoms with van der Waals surface area (Å²) in [7, 11) is 0. The average molecular weight is 455 g/mol. The fourth-order valence-corrected chi connectivity index (χ4v) is 2.86. The molecule has 1 aromatic heterocycles. The van der Waals surface area contributed by atoms with Gasteiger partial charge >= 0.3 is 0 Å². The van der Waals surface area contributed by atoms with E-state index in [1.807, 2.05) is 6.07 Å². The van der Waals surface area contributed by atoms with Crippen LogP contribution < -0.4 is 5.32 Å². The van der Waals surface area contributed by atoms with Crippen molar-refractivity contribution in [1.82, 2.24) is 20.3 Å². The Hall–Kier alpha value is -1.61. The Morgan fingerprint density at radius 2 is 1.92 bits per heavy atom. The van der Waals surface area contributed by atoms with Gasteiger partial charge in [-0.2, -0.15) is 0 Å². The summed E-state index contributed by atoms with van der Waals surface area (Å²) in [5.41, 5.74) is 2.23. The molecule has 6 nitrogen and oxygen atoms in total. The molecule has 1 aromatic carbocycles. The molecule has 0 unspecified atom stereocenters. The second-order valence-corrected chi connectivity index (χ2v) is 5.91. The summed E-state index contributed by atoms with van der Waals surface area (Å²) in [6.07, 6.45) is 1.58. The Labute approximate surface area is 166 Å². The molecule has 0 amide bonds. The highest BCUT2D eigenvalue weighted by atomic mass is 127. The SMILES string of the molecule is CCNC(=NCc1ccon1)N1CCN(Cc2ccccc2)CC1.I. The maximum Gasteiger partial charge on any atom is 0.194 e. The molecule has 2 aromatic rings. The summed E-state index contributed by atoms with van der Waals surface area (Å²) in [5, 5.41) is 7.29. The zero-order valence-corrected chi connectivity index (χ0v) is 16.9. The number of benzene rings is 1. The van der Waals surface area contributed by atoms with Crippen molar-refractivity contribution in [2.24, 2.45) is 4.99 Å². The van der Waals surface area contributed by atoms with Crippen LogP contribution in [0.15, 0.2) is 52.2 Å². The van der Waals surface area contributed by atoms with Crippen LogP contribution in [0.1, 0.15) is 18.2 Å². The largest absolute Gasteiger partial charge is 0.364 e. The summed E-state index contributed by atoms with van der Waals surface area (Å²) < 4.78 is 4.86. The van der Waals surface area contributed by atoms with Gasteiger partial charge in [0.2, 0.25) is 0 Å². The van der Waals surface area contributed by atoms with Gasteiger partial charge in [-0.05, 0) is 12.5 Å². The fourth-order valence-electron chi connectivity index (χ4n) is 2.86. The van der Waals surface area contributed by atoms with Crippen molar-refractivity contribution in [3.63, 3.8) is 0 Å². The minimum Gasteiger partial charge on any atom is -0.364 e. The second-order valence-electron chi connectivity index (χ2n) is 5.91. The van der Waals surface area contributed by atoms with E-state index in [0.29, 0.717) is 6.54 Å². The van der Waals surface area contributed by atoms with E-state index in [0.717, 1.165) is 50.9 Å². The lowest BCUT2D eigenvalue weighted by atomic mass is 10.2. The third kappa shape index (κ3) is 6.00. The zero-order valence-electron chi connectivity index (χ0n) is 14.6. The maximum atomic E-state index is 4.86. The molecule has 0 spiro atoms. The number of halogens is 1. The van der Waals surface area contributed by atoms with Gasteiger partial charge in [0, 0.05) is 45.3 Å². The van der Waals surface area contributed by atoms with Gasteiger partial charge in [-0.25, -0.2) is 4.99 Å². The normalized spacial score (nSPS) is 15.7. The highest BCUT2D eigenvalue weighted by Crippen LogP contribution is 2.09. The molecule has 1 aliphatic rings. The maximum absolute atomic E-state index is 4.86. The van der Waals surface area contributed by atoms with Crippen LogP contribution in [0.2, 0.25) is 0 Å². The summed E-state index contributed by atoms with van der Waals surface area (Å²) in [6, 6.07) is 12.5. The van der Waals surface area contributed by atoms with Crippen molar-refractivity contribution in [2.45, 2.75) is 20.0 Å². The molecule has 1 aliphatic heterocycles. The number of piperazine rings is 1. The van der Waals surface area contributed by atoms with E-state index >= 15 is 0 Å². The third-order valence-electron chi connectivity index (χ3n) is 4.14. The number of hydrogen-bond donors (Lipinski definition) is 1. The highest BCUT2D eigenvalue weighted by molar-refractivity contribution is 14.0. The van der Waals surface area contributed by atoms with Gasteiger partial charge in [0.1, 0.15) is 12.0 Å². The lowest BCUT2D eigenvalue weighted by molar-refractivity contribution is 0.172. The Bertz CT molecular complexity index is 624. The Balaban J connectivity index is 0.00000225. The van der Waals surface area contributed by atoms with Gasteiger partial charge in [-0.3, -0.25) is 4.90 Å². The smallest absolute Gasteiger partial charge is 0.194 e. The molecule has 0 radical (unpaired) electrons. The molecule has 2 heterocycles. The second kappa shape index (κ2) is 10.4. The van der Waals surface area contributed by atoms with Crippen LogP contribution in [0.25, 0.3) is 0 Å². The lowest BCUT2D eigenvalue weighted by Crippen LogP contribution is -2.52. The molecule has 0 bridgehead atoms. The first-order valence-corrected chi connectivity index (χ1v) is 8.54. The Kier molecular flexibility index (Phi) is 8.20. The molecule has 136 valence electrons. The quantitative estimate of drug-likeness (QED) is 0.427. The topological polar surface area (TPSA) is 56.9 Å². The number of aromatic nitrogens is 1. The predicted molar refractivity (Wildman–Crippen MR) is 110 cm³/mol. The number of nitrogens with zero attached hydrogens (tertiary/aromatic N) is 4. The number of guanidine groups is 1. The van der Waals surface area contributed by atoms with Crippen molar-refractivity contribution >= 4 is 29.9 Å². The fraction of sp³-hybridized carbons (Fsp3) is 0.444. The molecule has 1 N–H and O–H groups in total. The van der Waals surface area contributed by atoms with Crippen LogP contribution in [-0.2, 0) is 13.1 Å². The number of rotatable bonds is 5. The Morgan fingerprint density at radius 3 is 2.56 bits per heavy atom. The van der Waals surface area contributed by atoms with Crippen LogP contribution in [-0.4, -0.2) is 53.6 Å². The first-order chi connectivity index (χ1) is 11.8. The molecule has 25 heavy (non-hydrogen) atoms. The van der Waals surface area contributed by atoms with E-state index < -0.39 is 0 Å². The van der Waals surface area contributed by atoms with Crippen LogP contribution in [0, 0.1) is 0 Å². The minimum absolute atomic E-state index is 0. The number of hydrogen-bond acceptors (Lipinski definition) is 4. The van der Waals surface area contributed by atoms with Crippen molar-refractivity contribution in [3.05, 3.63) is 53.9 Å².